The second kappa shape index (κ2) is 9.23. The molecular weight excluding hydrogens is 366 g/mol. The van der Waals surface area contributed by atoms with Crippen LogP contribution in [0.25, 0.3) is 0 Å². The predicted molar refractivity (Wildman–Crippen MR) is 83.4 cm³/mol. The summed E-state index contributed by atoms with van der Waals surface area (Å²) in [4.78, 5) is 23.5. The maximum Gasteiger partial charge on any atom is 0.387 e. The van der Waals surface area contributed by atoms with Gasteiger partial charge in [0, 0.05) is 18.2 Å². The number of nitrogens with one attached hydrogen (secondary N) is 1. The van der Waals surface area contributed by atoms with E-state index in [1.165, 1.54) is 17.0 Å². The van der Waals surface area contributed by atoms with Gasteiger partial charge in [-0.2, -0.15) is 8.78 Å². The van der Waals surface area contributed by atoms with Gasteiger partial charge in [-0.25, -0.2) is 0 Å². The number of amides is 1. The molecule has 140 valence electrons. The van der Waals surface area contributed by atoms with Crippen LogP contribution in [0.15, 0.2) is 12.1 Å². The summed E-state index contributed by atoms with van der Waals surface area (Å²) < 4.78 is 39.9. The van der Waals surface area contributed by atoms with Crippen molar-refractivity contribution in [2.45, 2.75) is 13.2 Å². The minimum absolute atomic E-state index is 0. The first-order valence-corrected chi connectivity index (χ1v) is 6.89. The molecule has 0 aromatic heterocycles. The van der Waals surface area contributed by atoms with Gasteiger partial charge in [-0.1, -0.05) is 0 Å². The maximum absolute atomic E-state index is 12.5. The van der Waals surface area contributed by atoms with Gasteiger partial charge in [0.1, 0.15) is 12.3 Å². The van der Waals surface area contributed by atoms with Crippen molar-refractivity contribution in [2.24, 2.45) is 0 Å². The topological polar surface area (TPSA) is 97.3 Å². The van der Waals surface area contributed by atoms with Gasteiger partial charge in [0.05, 0.1) is 6.54 Å². The van der Waals surface area contributed by atoms with E-state index >= 15 is 0 Å². The highest BCUT2D eigenvalue weighted by molar-refractivity contribution is 5.85. The summed E-state index contributed by atoms with van der Waals surface area (Å²) >= 11 is 0. The fourth-order valence-electron chi connectivity index (χ4n) is 2.12. The van der Waals surface area contributed by atoms with E-state index in [0.29, 0.717) is 17.1 Å². The van der Waals surface area contributed by atoms with Gasteiger partial charge in [-0.05, 0) is 13.1 Å². The van der Waals surface area contributed by atoms with E-state index in [1.54, 1.807) is 7.05 Å². The molecule has 2 rings (SSSR count). The Morgan fingerprint density at radius 2 is 2.00 bits per heavy atom. The Morgan fingerprint density at radius 3 is 2.60 bits per heavy atom. The van der Waals surface area contributed by atoms with Crippen LogP contribution in [0, 0.1) is 0 Å². The van der Waals surface area contributed by atoms with Crippen LogP contribution in [0.1, 0.15) is 5.56 Å². The lowest BCUT2D eigenvalue weighted by Gasteiger charge is -2.18. The summed E-state index contributed by atoms with van der Waals surface area (Å²) in [6, 6.07) is 2.81. The van der Waals surface area contributed by atoms with Crippen molar-refractivity contribution in [1.29, 1.82) is 0 Å². The first kappa shape index (κ1) is 20.7. The van der Waals surface area contributed by atoms with Crippen LogP contribution >= 0.6 is 12.4 Å². The number of hydrogen-bond acceptors (Lipinski definition) is 6. The highest BCUT2D eigenvalue weighted by Crippen LogP contribution is 2.39. The van der Waals surface area contributed by atoms with Gasteiger partial charge in [0.25, 0.3) is 0 Å². The summed E-state index contributed by atoms with van der Waals surface area (Å²) in [6.45, 7) is -3.51. The van der Waals surface area contributed by atoms with E-state index in [1.807, 2.05) is 0 Å². The average molecular weight is 383 g/mol. The number of fused-ring (bicyclic) bond motifs is 1. The smallest absolute Gasteiger partial charge is 0.387 e. The number of ether oxygens (including phenoxy) is 3. The number of benzene rings is 1. The van der Waals surface area contributed by atoms with E-state index in [9.17, 15) is 18.4 Å². The van der Waals surface area contributed by atoms with E-state index < -0.39 is 25.0 Å². The fraction of sp³-hybridized carbons (Fsp3) is 0.429. The van der Waals surface area contributed by atoms with Crippen molar-refractivity contribution >= 4 is 24.3 Å². The third-order valence-corrected chi connectivity index (χ3v) is 3.06. The largest absolute Gasteiger partial charge is 0.480 e. The number of carboxylic acid groups (broad SMARTS) is 1. The lowest BCUT2D eigenvalue weighted by Crippen LogP contribution is -2.37. The van der Waals surface area contributed by atoms with Crippen LogP contribution in [0.4, 0.5) is 8.78 Å². The highest BCUT2D eigenvalue weighted by atomic mass is 35.5. The lowest BCUT2D eigenvalue weighted by molar-refractivity contribution is -0.138. The number of carbonyl (C=O) groups excluding carboxylic acids is 1. The molecule has 0 bridgehead atoms. The van der Waals surface area contributed by atoms with Gasteiger partial charge in [0.15, 0.2) is 11.5 Å². The van der Waals surface area contributed by atoms with Crippen LogP contribution in [-0.2, 0) is 16.1 Å². The zero-order chi connectivity index (χ0) is 17.7. The molecule has 0 saturated heterocycles. The molecule has 0 saturated carbocycles. The molecule has 1 aliphatic rings. The molecular formula is C14H17ClF2N2O6. The monoisotopic (exact) mass is 382 g/mol. The van der Waals surface area contributed by atoms with E-state index in [-0.39, 0.29) is 38.0 Å². The third kappa shape index (κ3) is 6.24. The molecule has 2 N–H and O–H groups in total. The molecule has 25 heavy (non-hydrogen) atoms. The molecule has 0 unspecified atom stereocenters. The van der Waals surface area contributed by atoms with Gasteiger partial charge in [-0.3, -0.25) is 14.5 Å². The van der Waals surface area contributed by atoms with E-state index in [2.05, 4.69) is 10.1 Å². The molecule has 1 amide bonds. The molecule has 1 heterocycles. The summed E-state index contributed by atoms with van der Waals surface area (Å²) in [7, 11) is 1.58. The minimum Gasteiger partial charge on any atom is -0.480 e. The van der Waals surface area contributed by atoms with Crippen LogP contribution in [0.2, 0.25) is 0 Å². The van der Waals surface area contributed by atoms with Crippen molar-refractivity contribution in [3.05, 3.63) is 17.7 Å². The summed E-state index contributed by atoms with van der Waals surface area (Å²) in [5, 5.41) is 10.7. The first-order chi connectivity index (χ1) is 11.3. The van der Waals surface area contributed by atoms with Gasteiger partial charge in [0.2, 0.25) is 12.7 Å². The standard InChI is InChI=1S/C14H16F2N2O6.ClH/c1-18(6-12(19)17-4-13(20)21)5-8-2-10-11(23-7-22-10)3-9(8)24-14(15)16;/h2-3,14H,4-7H2,1H3,(H,17,19)(H,20,21);1H. The number of carboxylic acids is 1. The number of likely N-dealkylation sites (N-methyl/N-ethyl adjacent to an activating group) is 1. The first-order valence-electron chi connectivity index (χ1n) is 6.89. The second-order valence-electron chi connectivity index (χ2n) is 5.03. The van der Waals surface area contributed by atoms with Crippen molar-refractivity contribution in [2.75, 3.05) is 26.9 Å². The van der Waals surface area contributed by atoms with E-state index in [0.717, 1.165) is 0 Å². The molecule has 1 aliphatic heterocycles. The number of nitrogens with zero attached hydrogens (tertiary/aromatic N) is 1. The fourth-order valence-corrected chi connectivity index (χ4v) is 2.12. The summed E-state index contributed by atoms with van der Waals surface area (Å²) in [5.41, 5.74) is 0.382. The molecule has 1 aromatic carbocycles. The van der Waals surface area contributed by atoms with Crippen LogP contribution in [-0.4, -0.2) is 55.4 Å². The molecule has 8 nitrogen and oxygen atoms in total. The quantitative estimate of drug-likeness (QED) is 0.694. The zero-order valence-corrected chi connectivity index (χ0v) is 14.0. The van der Waals surface area contributed by atoms with Crippen LogP contribution < -0.4 is 19.5 Å². The molecule has 0 atom stereocenters. The number of aliphatic carboxylic acids is 1. The molecule has 11 heteroatoms. The van der Waals surface area contributed by atoms with Crippen LogP contribution in [0.3, 0.4) is 0 Å². The molecule has 0 radical (unpaired) electrons. The normalized spacial score (nSPS) is 12.0. The number of halogens is 3. The lowest BCUT2D eigenvalue weighted by atomic mass is 10.1. The third-order valence-electron chi connectivity index (χ3n) is 3.06. The Labute approximate surface area is 148 Å². The minimum atomic E-state index is -3.01. The number of rotatable bonds is 8. The Hall–Kier alpha value is -2.33. The van der Waals surface area contributed by atoms with Crippen molar-refractivity contribution < 1.29 is 37.7 Å². The Balaban J connectivity index is 0.00000312. The average Bonchev–Trinajstić information content (AvgIpc) is 2.91. The Kier molecular flexibility index (Phi) is 7.65. The van der Waals surface area contributed by atoms with Crippen molar-refractivity contribution in [3.63, 3.8) is 0 Å². The Bertz CT molecular complexity index is 632. The second-order valence-corrected chi connectivity index (χ2v) is 5.03. The number of carbonyl (C=O) groups is 2. The summed E-state index contributed by atoms with van der Waals surface area (Å²) in [5.74, 6) is -1.04. The molecule has 0 spiro atoms. The molecule has 0 aliphatic carbocycles. The highest BCUT2D eigenvalue weighted by Gasteiger charge is 2.21. The zero-order valence-electron chi connectivity index (χ0n) is 13.2. The van der Waals surface area contributed by atoms with Crippen molar-refractivity contribution in [1.82, 2.24) is 10.2 Å². The number of alkyl halides is 2. The summed E-state index contributed by atoms with van der Waals surface area (Å²) in [6.07, 6.45) is 0. The van der Waals surface area contributed by atoms with Gasteiger partial charge >= 0.3 is 12.6 Å². The predicted octanol–water partition coefficient (Wildman–Crippen LogP) is 1.07. The molecule has 1 aromatic rings. The van der Waals surface area contributed by atoms with Gasteiger partial charge in [-0.15, -0.1) is 12.4 Å². The Morgan fingerprint density at radius 1 is 1.36 bits per heavy atom. The SMILES string of the molecule is CN(CC(=O)NCC(=O)O)Cc1cc2c(cc1OC(F)F)OCO2.Cl. The van der Waals surface area contributed by atoms with Crippen LogP contribution in [0.5, 0.6) is 17.2 Å². The van der Waals surface area contributed by atoms with Crippen molar-refractivity contribution in [3.8, 4) is 17.2 Å². The molecule has 0 fully saturated rings. The number of hydrogen-bond donors (Lipinski definition) is 2. The maximum atomic E-state index is 12.5. The van der Waals surface area contributed by atoms with Gasteiger partial charge < -0.3 is 24.6 Å². The van der Waals surface area contributed by atoms with E-state index in [4.69, 9.17) is 14.6 Å².